The van der Waals surface area contributed by atoms with Crippen LogP contribution in [-0.4, -0.2) is 67.2 Å². The third kappa shape index (κ3) is 8.28. The van der Waals surface area contributed by atoms with Crippen molar-refractivity contribution >= 4 is 97.8 Å². The van der Waals surface area contributed by atoms with Crippen LogP contribution in [0.1, 0.15) is 66.3 Å². The summed E-state index contributed by atoms with van der Waals surface area (Å²) in [5.41, 5.74) is 5.81. The van der Waals surface area contributed by atoms with Crippen LogP contribution in [0, 0.1) is 5.92 Å². The SMILES string of the molecule is CC(C)(O)c1ccccc1CCC(SCC1CC1)c1cccc(/C=C/c2ccc3ccc(Cl)cc3n2)c1.[KH]. The Kier molecular flexibility index (Phi) is 10.7. The number of halogens is 1. The van der Waals surface area contributed by atoms with Gasteiger partial charge in [0.25, 0.3) is 0 Å². The summed E-state index contributed by atoms with van der Waals surface area (Å²) >= 11 is 8.26. The van der Waals surface area contributed by atoms with Crippen molar-refractivity contribution in [3.63, 3.8) is 0 Å². The Morgan fingerprint density at radius 2 is 1.79 bits per heavy atom. The first-order valence-corrected chi connectivity index (χ1v) is 14.5. The Hall–Kier alpha value is -0.954. The molecule has 1 aliphatic carbocycles. The van der Waals surface area contributed by atoms with E-state index in [2.05, 4.69) is 72.4 Å². The van der Waals surface area contributed by atoms with Gasteiger partial charge in [0.1, 0.15) is 0 Å². The molecule has 5 rings (SSSR count). The molecule has 1 heterocycles. The minimum atomic E-state index is -0.833. The van der Waals surface area contributed by atoms with Gasteiger partial charge in [0.15, 0.2) is 0 Å². The van der Waals surface area contributed by atoms with Gasteiger partial charge < -0.3 is 5.11 Å². The van der Waals surface area contributed by atoms with E-state index < -0.39 is 5.60 Å². The van der Waals surface area contributed by atoms with Gasteiger partial charge in [0.2, 0.25) is 0 Å². The fraction of sp³-hybridized carbons (Fsp3) is 0.303. The summed E-state index contributed by atoms with van der Waals surface area (Å²) in [7, 11) is 0. The normalized spacial score (nSPS) is 14.5. The Morgan fingerprint density at radius 1 is 1.00 bits per heavy atom. The fourth-order valence-corrected chi connectivity index (χ4v) is 6.38. The molecular weight excluding hydrogens is 533 g/mol. The monoisotopic (exact) mass is 567 g/mol. The number of rotatable bonds is 10. The van der Waals surface area contributed by atoms with Crippen LogP contribution in [0.25, 0.3) is 23.1 Å². The molecule has 0 spiro atoms. The van der Waals surface area contributed by atoms with Crippen LogP contribution in [0.5, 0.6) is 0 Å². The van der Waals surface area contributed by atoms with Crippen molar-refractivity contribution in [3.05, 3.63) is 112 Å². The second-order valence-electron chi connectivity index (χ2n) is 10.6. The fourth-order valence-electron chi connectivity index (χ4n) is 4.75. The van der Waals surface area contributed by atoms with E-state index in [1.54, 1.807) is 0 Å². The van der Waals surface area contributed by atoms with E-state index in [4.69, 9.17) is 16.6 Å². The number of thioether (sulfide) groups is 1. The molecular formula is C33H35ClKNOS. The molecule has 1 saturated carbocycles. The molecule has 3 aromatic carbocycles. The number of benzene rings is 3. The molecule has 1 unspecified atom stereocenters. The van der Waals surface area contributed by atoms with Gasteiger partial charge in [-0.25, -0.2) is 4.98 Å². The van der Waals surface area contributed by atoms with E-state index in [1.807, 2.05) is 44.2 Å². The molecule has 0 bridgehead atoms. The summed E-state index contributed by atoms with van der Waals surface area (Å²) in [6.45, 7) is 3.75. The topological polar surface area (TPSA) is 33.1 Å². The molecule has 1 N–H and O–H groups in total. The van der Waals surface area contributed by atoms with Crippen LogP contribution in [0.2, 0.25) is 5.02 Å². The number of aromatic nitrogens is 1. The maximum atomic E-state index is 10.7. The molecule has 0 aliphatic heterocycles. The maximum absolute atomic E-state index is 10.7. The van der Waals surface area contributed by atoms with E-state index in [0.29, 0.717) is 10.3 Å². The third-order valence-corrected chi connectivity index (χ3v) is 8.80. The van der Waals surface area contributed by atoms with E-state index in [1.165, 1.54) is 35.3 Å². The summed E-state index contributed by atoms with van der Waals surface area (Å²) in [5.74, 6) is 2.10. The van der Waals surface area contributed by atoms with Crippen LogP contribution in [-0.2, 0) is 12.0 Å². The van der Waals surface area contributed by atoms with E-state index in [0.717, 1.165) is 40.9 Å². The van der Waals surface area contributed by atoms with Crippen molar-refractivity contribution in [2.75, 3.05) is 5.75 Å². The quantitative estimate of drug-likeness (QED) is 0.195. The minimum absolute atomic E-state index is 0. The molecule has 1 aromatic heterocycles. The van der Waals surface area contributed by atoms with Gasteiger partial charge in [0, 0.05) is 15.7 Å². The van der Waals surface area contributed by atoms with Gasteiger partial charge in [-0.1, -0.05) is 78.3 Å². The zero-order valence-corrected chi connectivity index (χ0v) is 23.1. The van der Waals surface area contributed by atoms with Gasteiger partial charge >= 0.3 is 51.4 Å². The molecule has 0 amide bonds. The zero-order valence-electron chi connectivity index (χ0n) is 21.5. The predicted molar refractivity (Wildman–Crippen MR) is 167 cm³/mol. The molecule has 38 heavy (non-hydrogen) atoms. The van der Waals surface area contributed by atoms with E-state index in [9.17, 15) is 5.11 Å². The molecule has 5 heteroatoms. The third-order valence-electron chi connectivity index (χ3n) is 6.99. The van der Waals surface area contributed by atoms with Crippen molar-refractivity contribution < 1.29 is 5.11 Å². The first-order chi connectivity index (χ1) is 17.8. The number of nitrogens with zero attached hydrogens (tertiary/aromatic N) is 1. The molecule has 1 aliphatic rings. The number of hydrogen-bond acceptors (Lipinski definition) is 3. The first kappa shape index (κ1) is 30.0. The molecule has 0 saturated heterocycles. The number of hydrogen-bond donors (Lipinski definition) is 1. The predicted octanol–water partition coefficient (Wildman–Crippen LogP) is 8.45. The Balaban J connectivity index is 0.00000336. The van der Waals surface area contributed by atoms with Crippen LogP contribution in [0.15, 0.2) is 78.9 Å². The molecule has 2 nitrogen and oxygen atoms in total. The summed E-state index contributed by atoms with van der Waals surface area (Å²) in [6, 6.07) is 27.2. The molecule has 192 valence electrons. The number of fused-ring (bicyclic) bond motifs is 1. The Morgan fingerprint density at radius 3 is 2.58 bits per heavy atom. The summed E-state index contributed by atoms with van der Waals surface area (Å²) < 4.78 is 0. The molecule has 1 fully saturated rings. The second-order valence-corrected chi connectivity index (χ2v) is 12.3. The zero-order chi connectivity index (χ0) is 25.8. The summed E-state index contributed by atoms with van der Waals surface area (Å²) in [5, 5.41) is 12.9. The van der Waals surface area contributed by atoms with Crippen molar-refractivity contribution in [2.45, 2.75) is 50.4 Å². The number of aryl methyl sites for hydroxylation is 1. The van der Waals surface area contributed by atoms with Crippen LogP contribution in [0.3, 0.4) is 0 Å². The van der Waals surface area contributed by atoms with Gasteiger partial charge in [-0.05, 0) is 97.7 Å². The van der Waals surface area contributed by atoms with Gasteiger partial charge in [-0.3, -0.25) is 0 Å². The van der Waals surface area contributed by atoms with Crippen molar-refractivity contribution in [3.8, 4) is 0 Å². The molecule has 0 radical (unpaired) electrons. The van der Waals surface area contributed by atoms with Crippen LogP contribution in [0.4, 0.5) is 0 Å². The van der Waals surface area contributed by atoms with Crippen molar-refractivity contribution in [1.82, 2.24) is 4.98 Å². The Labute approximate surface area is 278 Å². The van der Waals surface area contributed by atoms with E-state index in [-0.39, 0.29) is 51.4 Å². The average molecular weight is 568 g/mol. The van der Waals surface area contributed by atoms with Crippen LogP contribution >= 0.6 is 23.4 Å². The summed E-state index contributed by atoms with van der Waals surface area (Å²) in [4.78, 5) is 4.76. The number of pyridine rings is 1. The number of aliphatic hydroxyl groups is 1. The van der Waals surface area contributed by atoms with E-state index >= 15 is 0 Å². The van der Waals surface area contributed by atoms with Crippen molar-refractivity contribution in [1.29, 1.82) is 0 Å². The van der Waals surface area contributed by atoms with Crippen molar-refractivity contribution in [2.24, 2.45) is 5.92 Å². The average Bonchev–Trinajstić information content (AvgIpc) is 3.72. The summed E-state index contributed by atoms with van der Waals surface area (Å²) in [6.07, 6.45) is 8.96. The molecule has 4 aromatic rings. The Bertz CT molecular complexity index is 1410. The second kappa shape index (κ2) is 13.6. The first-order valence-electron chi connectivity index (χ1n) is 13.1. The molecule has 1 atom stereocenters. The van der Waals surface area contributed by atoms with Gasteiger partial charge in [-0.2, -0.15) is 11.8 Å². The van der Waals surface area contributed by atoms with Crippen LogP contribution < -0.4 is 0 Å². The van der Waals surface area contributed by atoms with Gasteiger partial charge in [-0.15, -0.1) is 0 Å². The standard InChI is InChI=1S/C33H34ClNOS.K.H/c1-33(2,36)30-9-4-3-7-25(30)15-19-32(37-22-24-10-11-24)27-8-5-6-23(20-27)12-17-29-18-14-26-13-16-28(34)21-31(26)35-29;;/h3-9,12-14,16-18,20-21,24,32,36H,10-11,15,19,22H2,1-2H3;;/b17-12+;;. The van der Waals surface area contributed by atoms with Gasteiger partial charge in [0.05, 0.1) is 16.8 Å².